The Kier molecular flexibility index (Phi) is 4.84. The predicted molar refractivity (Wildman–Crippen MR) is 78.8 cm³/mol. The maximum Gasteiger partial charge on any atom is 0.316 e. The van der Waals surface area contributed by atoms with E-state index in [1.165, 1.54) is 11.8 Å². The molecule has 0 spiro atoms. The van der Waals surface area contributed by atoms with Crippen molar-refractivity contribution in [1.82, 2.24) is 5.16 Å². The van der Waals surface area contributed by atoms with E-state index in [1.807, 2.05) is 44.2 Å². The molecule has 0 saturated heterocycles. The van der Waals surface area contributed by atoms with Crippen molar-refractivity contribution in [2.45, 2.75) is 31.3 Å². The summed E-state index contributed by atoms with van der Waals surface area (Å²) >= 11 is 1.41. The average Bonchev–Trinajstić information content (AvgIpc) is 2.75. The molecule has 4 nitrogen and oxygen atoms in total. The van der Waals surface area contributed by atoms with Crippen LogP contribution in [0, 0.1) is 13.8 Å². The van der Waals surface area contributed by atoms with E-state index in [-0.39, 0.29) is 0 Å². The van der Waals surface area contributed by atoms with Gasteiger partial charge in [0.1, 0.15) is 11.0 Å². The summed E-state index contributed by atoms with van der Waals surface area (Å²) in [6, 6.07) is 9.68. The van der Waals surface area contributed by atoms with Gasteiger partial charge in [-0.3, -0.25) is 4.79 Å². The van der Waals surface area contributed by atoms with Crippen molar-refractivity contribution in [1.29, 1.82) is 0 Å². The van der Waals surface area contributed by atoms with Crippen LogP contribution in [0.15, 0.2) is 34.9 Å². The molecule has 1 atom stereocenters. The second-order valence-electron chi connectivity index (χ2n) is 4.63. The van der Waals surface area contributed by atoms with E-state index in [4.69, 9.17) is 4.52 Å². The number of aliphatic carboxylic acids is 1. The van der Waals surface area contributed by atoms with Crippen LogP contribution >= 0.6 is 11.8 Å². The van der Waals surface area contributed by atoms with Crippen LogP contribution in [0.2, 0.25) is 0 Å². The normalized spacial score (nSPS) is 12.3. The molecular formula is C15H17NO3S. The first-order valence-corrected chi connectivity index (χ1v) is 7.43. The van der Waals surface area contributed by atoms with Gasteiger partial charge in [0, 0.05) is 11.3 Å². The van der Waals surface area contributed by atoms with Gasteiger partial charge in [0.25, 0.3) is 0 Å². The van der Waals surface area contributed by atoms with Crippen LogP contribution in [0.1, 0.15) is 22.6 Å². The maximum absolute atomic E-state index is 11.4. The highest BCUT2D eigenvalue weighted by Crippen LogP contribution is 2.25. The molecule has 106 valence electrons. The average molecular weight is 291 g/mol. The van der Waals surface area contributed by atoms with E-state index in [2.05, 4.69) is 5.16 Å². The summed E-state index contributed by atoms with van der Waals surface area (Å²) in [5, 5.41) is 12.8. The summed E-state index contributed by atoms with van der Waals surface area (Å²) in [6.07, 6.45) is 0.518. The number of thioether (sulfide) groups is 1. The van der Waals surface area contributed by atoms with Crippen molar-refractivity contribution >= 4 is 17.7 Å². The molecule has 1 unspecified atom stereocenters. The molecule has 0 bridgehead atoms. The topological polar surface area (TPSA) is 63.3 Å². The third-order valence-corrected chi connectivity index (χ3v) is 4.38. The fourth-order valence-electron chi connectivity index (χ4n) is 1.94. The first-order chi connectivity index (χ1) is 9.58. The lowest BCUT2D eigenvalue weighted by Crippen LogP contribution is -2.19. The lowest BCUT2D eigenvalue weighted by atomic mass is 10.1. The Labute approximate surface area is 122 Å². The second kappa shape index (κ2) is 6.61. The minimum absolute atomic E-state index is 0.467. The van der Waals surface area contributed by atoms with Crippen molar-refractivity contribution in [3.8, 4) is 0 Å². The Morgan fingerprint density at radius 3 is 2.60 bits per heavy atom. The highest BCUT2D eigenvalue weighted by Gasteiger charge is 2.20. The highest BCUT2D eigenvalue weighted by atomic mass is 32.2. The second-order valence-corrected chi connectivity index (χ2v) is 5.82. The molecule has 5 heteroatoms. The molecule has 0 aliphatic heterocycles. The Hall–Kier alpha value is -1.75. The Morgan fingerprint density at radius 1 is 1.35 bits per heavy atom. The van der Waals surface area contributed by atoms with Gasteiger partial charge >= 0.3 is 5.97 Å². The van der Waals surface area contributed by atoms with Crippen molar-refractivity contribution in [3.05, 3.63) is 52.9 Å². The zero-order valence-corrected chi connectivity index (χ0v) is 12.3. The number of aryl methyl sites for hydroxylation is 2. The quantitative estimate of drug-likeness (QED) is 0.885. The lowest BCUT2D eigenvalue weighted by Gasteiger charge is -2.12. The van der Waals surface area contributed by atoms with Crippen LogP contribution in [-0.4, -0.2) is 21.5 Å². The molecule has 2 aromatic rings. The van der Waals surface area contributed by atoms with Gasteiger partial charge in [-0.05, 0) is 25.8 Å². The molecule has 2 rings (SSSR count). The third kappa shape index (κ3) is 3.63. The molecule has 0 fully saturated rings. The molecule has 1 aromatic carbocycles. The van der Waals surface area contributed by atoms with Gasteiger partial charge in [0.2, 0.25) is 0 Å². The van der Waals surface area contributed by atoms with Crippen LogP contribution < -0.4 is 0 Å². The van der Waals surface area contributed by atoms with Gasteiger partial charge in [-0.2, -0.15) is 0 Å². The number of rotatable bonds is 6. The summed E-state index contributed by atoms with van der Waals surface area (Å²) in [4.78, 5) is 11.4. The number of carbonyl (C=O) groups is 1. The largest absolute Gasteiger partial charge is 0.480 e. The van der Waals surface area contributed by atoms with E-state index in [0.717, 1.165) is 22.6 Å². The first kappa shape index (κ1) is 14.7. The number of hydrogen-bond donors (Lipinski definition) is 1. The number of carboxylic acid groups (broad SMARTS) is 1. The van der Waals surface area contributed by atoms with Crippen LogP contribution in [0.25, 0.3) is 0 Å². The number of carboxylic acids is 1. The van der Waals surface area contributed by atoms with E-state index < -0.39 is 11.2 Å². The van der Waals surface area contributed by atoms with Crippen molar-refractivity contribution in [2.24, 2.45) is 0 Å². The predicted octanol–water partition coefficient (Wildman–Crippen LogP) is 3.22. The van der Waals surface area contributed by atoms with Crippen LogP contribution in [0.4, 0.5) is 0 Å². The molecule has 1 N–H and O–H groups in total. The molecular weight excluding hydrogens is 274 g/mol. The Bertz CT molecular complexity index is 561. The number of aromatic nitrogens is 1. The molecule has 0 radical (unpaired) electrons. The first-order valence-electron chi connectivity index (χ1n) is 6.38. The molecule has 0 amide bonds. The maximum atomic E-state index is 11.4. The fraction of sp³-hybridized carbons (Fsp3) is 0.333. The number of nitrogens with zero attached hydrogens (tertiary/aromatic N) is 1. The lowest BCUT2D eigenvalue weighted by molar-refractivity contribution is -0.136. The summed E-state index contributed by atoms with van der Waals surface area (Å²) in [6.45, 7) is 3.72. The molecule has 1 aromatic heterocycles. The fourth-order valence-corrected chi connectivity index (χ4v) is 3.17. The zero-order valence-electron chi connectivity index (χ0n) is 11.5. The standard InChI is InChI=1S/C15H17NO3S/c1-10-13(11(2)19-16-10)9-20-14(15(17)18)8-12-6-4-3-5-7-12/h3-7,14H,8-9H2,1-2H3,(H,17,18). The zero-order chi connectivity index (χ0) is 14.5. The van der Waals surface area contributed by atoms with Crippen molar-refractivity contribution in [3.63, 3.8) is 0 Å². The Balaban J connectivity index is 2.02. The van der Waals surface area contributed by atoms with E-state index in [1.54, 1.807) is 0 Å². The summed E-state index contributed by atoms with van der Waals surface area (Å²) in [5.74, 6) is 0.579. The van der Waals surface area contributed by atoms with Gasteiger partial charge in [-0.15, -0.1) is 11.8 Å². The molecule has 1 heterocycles. The summed E-state index contributed by atoms with van der Waals surface area (Å²) < 4.78 is 5.10. The highest BCUT2D eigenvalue weighted by molar-refractivity contribution is 7.99. The van der Waals surface area contributed by atoms with Gasteiger partial charge in [-0.1, -0.05) is 35.5 Å². The van der Waals surface area contributed by atoms with Crippen molar-refractivity contribution < 1.29 is 14.4 Å². The number of hydrogen-bond acceptors (Lipinski definition) is 4. The minimum atomic E-state index is -0.786. The van der Waals surface area contributed by atoms with Gasteiger partial charge in [-0.25, -0.2) is 0 Å². The van der Waals surface area contributed by atoms with Crippen LogP contribution in [0.5, 0.6) is 0 Å². The van der Waals surface area contributed by atoms with Crippen molar-refractivity contribution in [2.75, 3.05) is 0 Å². The third-order valence-electron chi connectivity index (χ3n) is 3.15. The van der Waals surface area contributed by atoms with Crippen LogP contribution in [-0.2, 0) is 17.0 Å². The monoisotopic (exact) mass is 291 g/mol. The number of benzene rings is 1. The van der Waals surface area contributed by atoms with Gasteiger partial charge in [0.15, 0.2) is 0 Å². The molecule has 0 aliphatic carbocycles. The molecule has 0 saturated carbocycles. The van der Waals surface area contributed by atoms with Crippen LogP contribution in [0.3, 0.4) is 0 Å². The van der Waals surface area contributed by atoms with E-state index >= 15 is 0 Å². The SMILES string of the molecule is Cc1noc(C)c1CSC(Cc1ccccc1)C(=O)O. The van der Waals surface area contributed by atoms with Gasteiger partial charge in [0.05, 0.1) is 5.69 Å². The summed E-state index contributed by atoms with van der Waals surface area (Å²) in [5.41, 5.74) is 2.86. The van der Waals surface area contributed by atoms with Gasteiger partial charge < -0.3 is 9.63 Å². The van der Waals surface area contributed by atoms with E-state index in [0.29, 0.717) is 12.2 Å². The smallest absolute Gasteiger partial charge is 0.316 e. The summed E-state index contributed by atoms with van der Waals surface area (Å²) in [7, 11) is 0. The minimum Gasteiger partial charge on any atom is -0.480 e. The van der Waals surface area contributed by atoms with E-state index in [9.17, 15) is 9.90 Å². The molecule has 0 aliphatic rings. The Morgan fingerprint density at radius 2 is 2.05 bits per heavy atom. The molecule has 20 heavy (non-hydrogen) atoms.